The molecule has 1 amide bonds. The number of rotatable bonds is 4. The molecule has 2 aromatic rings. The summed E-state index contributed by atoms with van der Waals surface area (Å²) < 4.78 is 1.69. The average Bonchev–Trinajstić information content (AvgIpc) is 2.98. The first-order chi connectivity index (χ1) is 11.5. The minimum Gasteiger partial charge on any atom is -0.328 e. The Balaban J connectivity index is 1.72. The zero-order valence-corrected chi connectivity index (χ0v) is 14.7. The highest BCUT2D eigenvalue weighted by atomic mass is 35.5. The van der Waals surface area contributed by atoms with Crippen LogP contribution in [0.15, 0.2) is 30.5 Å². The summed E-state index contributed by atoms with van der Waals surface area (Å²) in [7, 11) is 0. The van der Waals surface area contributed by atoms with Crippen LogP contribution < -0.4 is 11.1 Å². The molecule has 1 saturated carbocycles. The van der Waals surface area contributed by atoms with Gasteiger partial charge >= 0.3 is 0 Å². The van der Waals surface area contributed by atoms with Crippen molar-refractivity contribution >= 4 is 34.9 Å². The Morgan fingerprint density at radius 3 is 2.75 bits per heavy atom. The summed E-state index contributed by atoms with van der Waals surface area (Å²) in [6.45, 7) is 0.394. The van der Waals surface area contributed by atoms with Crippen LogP contribution in [0.3, 0.4) is 0 Å². The van der Waals surface area contributed by atoms with E-state index in [1.807, 2.05) is 0 Å². The largest absolute Gasteiger partial charge is 0.328 e. The SMILES string of the molecule is NC1CCCC(C(=O)Nc2ccnn2Cc2c(Cl)cccc2Cl)C1. The van der Waals surface area contributed by atoms with E-state index >= 15 is 0 Å². The highest BCUT2D eigenvalue weighted by Gasteiger charge is 2.26. The Morgan fingerprint density at radius 2 is 2.04 bits per heavy atom. The quantitative estimate of drug-likeness (QED) is 0.866. The number of carbonyl (C=O) groups excluding carboxylic acids is 1. The lowest BCUT2D eigenvalue weighted by Crippen LogP contribution is -2.34. The van der Waals surface area contributed by atoms with E-state index in [-0.39, 0.29) is 17.9 Å². The zero-order valence-electron chi connectivity index (χ0n) is 13.2. The van der Waals surface area contributed by atoms with Gasteiger partial charge in [0.2, 0.25) is 5.91 Å². The molecule has 1 heterocycles. The molecule has 128 valence electrons. The van der Waals surface area contributed by atoms with Crippen LogP contribution in [0.4, 0.5) is 5.82 Å². The van der Waals surface area contributed by atoms with Crippen molar-refractivity contribution in [3.05, 3.63) is 46.1 Å². The second-order valence-electron chi connectivity index (χ2n) is 6.19. The third-order valence-corrected chi connectivity index (χ3v) is 5.13. The van der Waals surface area contributed by atoms with Gasteiger partial charge in [-0.2, -0.15) is 5.10 Å². The first kappa shape index (κ1) is 17.3. The standard InChI is InChI=1S/C17H20Cl2N4O/c18-14-5-2-6-15(19)13(14)10-23-16(7-8-21-23)22-17(24)11-3-1-4-12(20)9-11/h2,5-8,11-12H,1,3-4,9-10,20H2,(H,22,24). The highest BCUT2D eigenvalue weighted by molar-refractivity contribution is 6.35. The number of anilines is 1. The van der Waals surface area contributed by atoms with Crippen LogP contribution in [0.1, 0.15) is 31.2 Å². The maximum atomic E-state index is 12.5. The van der Waals surface area contributed by atoms with Gasteiger partial charge in [0.05, 0.1) is 12.7 Å². The Bertz CT molecular complexity index is 711. The van der Waals surface area contributed by atoms with E-state index in [9.17, 15) is 4.79 Å². The molecule has 1 aliphatic carbocycles. The molecule has 1 aliphatic rings. The van der Waals surface area contributed by atoms with Crippen molar-refractivity contribution in [1.82, 2.24) is 9.78 Å². The number of amides is 1. The van der Waals surface area contributed by atoms with Gasteiger partial charge in [-0.3, -0.25) is 4.79 Å². The Hall–Kier alpha value is -1.56. The van der Waals surface area contributed by atoms with Crippen molar-refractivity contribution in [2.75, 3.05) is 5.32 Å². The lowest BCUT2D eigenvalue weighted by molar-refractivity contribution is -0.120. The van der Waals surface area contributed by atoms with Crippen LogP contribution in [-0.2, 0) is 11.3 Å². The molecule has 1 fully saturated rings. The molecule has 0 radical (unpaired) electrons. The monoisotopic (exact) mass is 366 g/mol. The molecule has 2 unspecified atom stereocenters. The Kier molecular flexibility index (Phi) is 5.43. The maximum Gasteiger partial charge on any atom is 0.228 e. The van der Waals surface area contributed by atoms with Crippen LogP contribution in [-0.4, -0.2) is 21.7 Å². The van der Waals surface area contributed by atoms with Gasteiger partial charge in [-0.25, -0.2) is 4.68 Å². The van der Waals surface area contributed by atoms with Gasteiger partial charge < -0.3 is 11.1 Å². The fraction of sp³-hybridized carbons (Fsp3) is 0.412. The van der Waals surface area contributed by atoms with E-state index in [0.29, 0.717) is 22.4 Å². The number of hydrogen-bond donors (Lipinski definition) is 2. The van der Waals surface area contributed by atoms with E-state index in [4.69, 9.17) is 28.9 Å². The normalized spacial score (nSPS) is 20.8. The first-order valence-electron chi connectivity index (χ1n) is 8.05. The number of hydrogen-bond acceptors (Lipinski definition) is 3. The predicted molar refractivity (Wildman–Crippen MR) is 96.4 cm³/mol. The van der Waals surface area contributed by atoms with Gasteiger partial charge in [-0.1, -0.05) is 35.7 Å². The molecule has 0 spiro atoms. The molecule has 1 aromatic carbocycles. The molecular formula is C17H20Cl2N4O. The topological polar surface area (TPSA) is 72.9 Å². The number of aromatic nitrogens is 2. The average molecular weight is 367 g/mol. The fourth-order valence-electron chi connectivity index (χ4n) is 3.09. The number of carbonyl (C=O) groups is 1. The number of nitrogens with zero attached hydrogens (tertiary/aromatic N) is 2. The number of nitrogens with two attached hydrogens (primary N) is 1. The van der Waals surface area contributed by atoms with Crippen molar-refractivity contribution in [1.29, 1.82) is 0 Å². The minimum atomic E-state index is -0.0407. The summed E-state index contributed by atoms with van der Waals surface area (Å²) >= 11 is 12.4. The Labute approximate surface area is 151 Å². The van der Waals surface area contributed by atoms with Gasteiger partial charge in [0.1, 0.15) is 5.82 Å². The van der Waals surface area contributed by atoms with E-state index in [2.05, 4.69) is 10.4 Å². The van der Waals surface area contributed by atoms with E-state index < -0.39 is 0 Å². The first-order valence-corrected chi connectivity index (χ1v) is 8.81. The van der Waals surface area contributed by atoms with Gasteiger partial charge in [0.25, 0.3) is 0 Å². The molecule has 3 rings (SSSR count). The van der Waals surface area contributed by atoms with Crippen molar-refractivity contribution in [2.24, 2.45) is 11.7 Å². The fourth-order valence-corrected chi connectivity index (χ4v) is 3.61. The van der Waals surface area contributed by atoms with Crippen LogP contribution in [0, 0.1) is 5.92 Å². The van der Waals surface area contributed by atoms with Crippen molar-refractivity contribution in [3.63, 3.8) is 0 Å². The molecule has 0 aliphatic heterocycles. The molecule has 24 heavy (non-hydrogen) atoms. The van der Waals surface area contributed by atoms with Crippen LogP contribution in [0.5, 0.6) is 0 Å². The van der Waals surface area contributed by atoms with Gasteiger partial charge in [-0.05, 0) is 31.4 Å². The van der Waals surface area contributed by atoms with Crippen LogP contribution in [0.25, 0.3) is 0 Å². The number of nitrogens with one attached hydrogen (secondary N) is 1. The van der Waals surface area contributed by atoms with Gasteiger partial charge in [0.15, 0.2) is 0 Å². The van der Waals surface area contributed by atoms with Gasteiger partial charge in [-0.15, -0.1) is 0 Å². The third kappa shape index (κ3) is 3.91. The maximum absolute atomic E-state index is 12.5. The molecule has 1 aromatic heterocycles. The minimum absolute atomic E-state index is 0.00263. The van der Waals surface area contributed by atoms with Crippen LogP contribution >= 0.6 is 23.2 Å². The van der Waals surface area contributed by atoms with Crippen molar-refractivity contribution < 1.29 is 4.79 Å². The summed E-state index contributed by atoms with van der Waals surface area (Å²) in [6, 6.07) is 7.25. The van der Waals surface area contributed by atoms with Crippen LogP contribution in [0.2, 0.25) is 10.0 Å². The lowest BCUT2D eigenvalue weighted by atomic mass is 9.85. The summed E-state index contributed by atoms with van der Waals surface area (Å²) in [5.74, 6) is 0.591. The highest BCUT2D eigenvalue weighted by Crippen LogP contribution is 2.27. The number of halogens is 2. The Morgan fingerprint density at radius 1 is 1.29 bits per heavy atom. The third-order valence-electron chi connectivity index (χ3n) is 4.42. The van der Waals surface area contributed by atoms with Crippen molar-refractivity contribution in [3.8, 4) is 0 Å². The molecule has 7 heteroatoms. The molecular weight excluding hydrogens is 347 g/mol. The summed E-state index contributed by atoms with van der Waals surface area (Å²) in [5, 5.41) is 8.38. The summed E-state index contributed by atoms with van der Waals surface area (Å²) in [5.41, 5.74) is 6.75. The summed E-state index contributed by atoms with van der Waals surface area (Å²) in [6.07, 6.45) is 5.24. The molecule has 0 saturated heterocycles. The lowest BCUT2D eigenvalue weighted by Gasteiger charge is -2.25. The molecule has 3 N–H and O–H groups in total. The van der Waals surface area contributed by atoms with Gasteiger partial charge in [0, 0.05) is 33.6 Å². The predicted octanol–water partition coefficient (Wildman–Crippen LogP) is 3.69. The van der Waals surface area contributed by atoms with E-state index in [1.54, 1.807) is 35.1 Å². The van der Waals surface area contributed by atoms with E-state index in [1.165, 1.54) is 0 Å². The summed E-state index contributed by atoms with van der Waals surface area (Å²) in [4.78, 5) is 12.5. The molecule has 0 bridgehead atoms. The molecule has 2 atom stereocenters. The number of benzene rings is 1. The smallest absolute Gasteiger partial charge is 0.228 e. The van der Waals surface area contributed by atoms with E-state index in [0.717, 1.165) is 31.2 Å². The second kappa shape index (κ2) is 7.55. The molecule has 5 nitrogen and oxygen atoms in total. The zero-order chi connectivity index (χ0) is 17.1. The second-order valence-corrected chi connectivity index (χ2v) is 7.00. The van der Waals surface area contributed by atoms with Crippen molar-refractivity contribution in [2.45, 2.75) is 38.3 Å².